The highest BCUT2D eigenvalue weighted by Crippen LogP contribution is 2.06. The number of rotatable bonds is 0. The zero-order chi connectivity index (χ0) is 8.10. The number of aromatic nitrogens is 1. The van der Waals surface area contributed by atoms with Crippen molar-refractivity contribution in [3.8, 4) is 11.8 Å². The Hall–Kier alpha value is -0.460. The number of thiol groups is 1. The topological polar surface area (TPSA) is 12.9 Å². The molecule has 1 aromatic rings. The summed E-state index contributed by atoms with van der Waals surface area (Å²) in [7, 11) is 0. The summed E-state index contributed by atoms with van der Waals surface area (Å²) in [5, 5.41) is 0. The Morgan fingerprint density at radius 2 is 2.36 bits per heavy atom. The average molecular weight is 228 g/mol. The van der Waals surface area contributed by atoms with Crippen molar-refractivity contribution in [2.75, 3.05) is 5.75 Å². The van der Waals surface area contributed by atoms with Gasteiger partial charge in [-0.1, -0.05) is 5.92 Å². The molecule has 1 nitrogen and oxygen atoms in total. The Morgan fingerprint density at radius 3 is 2.91 bits per heavy atom. The Balaban J connectivity index is 2.82. The predicted molar refractivity (Wildman–Crippen MR) is 52.7 cm³/mol. The molecule has 0 saturated carbocycles. The molecule has 1 heterocycles. The normalized spacial score (nSPS) is 8.55. The highest BCUT2D eigenvalue weighted by atomic mass is 79.9. The second kappa shape index (κ2) is 4.42. The number of nitrogens with zero attached hydrogens (tertiary/aromatic N) is 1. The van der Waals surface area contributed by atoms with E-state index in [4.69, 9.17) is 0 Å². The molecule has 0 bridgehead atoms. The lowest BCUT2D eigenvalue weighted by molar-refractivity contribution is 1.27. The summed E-state index contributed by atoms with van der Waals surface area (Å²) in [5.41, 5.74) is 0.780. The molecule has 1 aromatic heterocycles. The van der Waals surface area contributed by atoms with Gasteiger partial charge in [-0.05, 0) is 34.0 Å². The van der Waals surface area contributed by atoms with Crippen molar-refractivity contribution >= 4 is 28.6 Å². The third-order valence-electron chi connectivity index (χ3n) is 1.02. The highest BCUT2D eigenvalue weighted by molar-refractivity contribution is 9.10. The van der Waals surface area contributed by atoms with Crippen LogP contribution in [0.5, 0.6) is 0 Å². The zero-order valence-corrected chi connectivity index (χ0v) is 8.19. The van der Waals surface area contributed by atoms with E-state index in [0.717, 1.165) is 10.2 Å². The minimum atomic E-state index is 0.567. The lowest BCUT2D eigenvalue weighted by Crippen LogP contribution is -1.79. The van der Waals surface area contributed by atoms with Gasteiger partial charge in [0.1, 0.15) is 5.69 Å². The summed E-state index contributed by atoms with van der Waals surface area (Å²) >= 11 is 7.25. The van der Waals surface area contributed by atoms with Crippen LogP contribution in [0.25, 0.3) is 0 Å². The summed E-state index contributed by atoms with van der Waals surface area (Å²) in [6, 6.07) is 3.77. The van der Waals surface area contributed by atoms with Gasteiger partial charge in [-0.15, -0.1) is 0 Å². The van der Waals surface area contributed by atoms with Crippen molar-refractivity contribution in [2.45, 2.75) is 0 Å². The second-order valence-electron chi connectivity index (χ2n) is 1.82. The maximum absolute atomic E-state index is 4.06. The molecule has 0 aromatic carbocycles. The van der Waals surface area contributed by atoms with E-state index < -0.39 is 0 Å². The Labute approximate surface area is 79.8 Å². The van der Waals surface area contributed by atoms with Crippen molar-refractivity contribution < 1.29 is 0 Å². The van der Waals surface area contributed by atoms with Crippen LogP contribution < -0.4 is 0 Å². The van der Waals surface area contributed by atoms with Crippen LogP contribution >= 0.6 is 28.6 Å². The van der Waals surface area contributed by atoms with Gasteiger partial charge in [-0.3, -0.25) is 0 Å². The SMILES string of the molecule is SCC#Cc1ccc(Br)cn1. The van der Waals surface area contributed by atoms with E-state index in [2.05, 4.69) is 45.4 Å². The summed E-state index contributed by atoms with van der Waals surface area (Å²) < 4.78 is 0.967. The maximum atomic E-state index is 4.06. The molecule has 0 radical (unpaired) electrons. The average Bonchev–Trinajstić information content (AvgIpc) is 2.04. The number of hydrogen-bond donors (Lipinski definition) is 1. The molecule has 11 heavy (non-hydrogen) atoms. The van der Waals surface area contributed by atoms with Crippen molar-refractivity contribution in [2.24, 2.45) is 0 Å². The third-order valence-corrected chi connectivity index (χ3v) is 1.65. The van der Waals surface area contributed by atoms with Gasteiger partial charge >= 0.3 is 0 Å². The molecule has 0 fully saturated rings. The van der Waals surface area contributed by atoms with Gasteiger partial charge in [0.05, 0.1) is 5.75 Å². The van der Waals surface area contributed by atoms with E-state index in [-0.39, 0.29) is 0 Å². The van der Waals surface area contributed by atoms with Gasteiger partial charge in [0.2, 0.25) is 0 Å². The Bertz CT molecular complexity index is 283. The molecular formula is C8H6BrNS. The molecule has 0 atom stereocenters. The van der Waals surface area contributed by atoms with Crippen molar-refractivity contribution in [1.29, 1.82) is 0 Å². The zero-order valence-electron chi connectivity index (χ0n) is 5.71. The van der Waals surface area contributed by atoms with Crippen LogP contribution in [-0.2, 0) is 0 Å². The van der Waals surface area contributed by atoms with Crippen LogP contribution in [0.4, 0.5) is 0 Å². The summed E-state index contributed by atoms with van der Waals surface area (Å²) in [6.45, 7) is 0. The lowest BCUT2D eigenvalue weighted by Gasteiger charge is -1.88. The van der Waals surface area contributed by atoms with Crippen LogP contribution in [0.1, 0.15) is 5.69 Å². The smallest absolute Gasteiger partial charge is 0.113 e. The molecule has 0 spiro atoms. The maximum Gasteiger partial charge on any atom is 0.113 e. The first-order valence-corrected chi connectivity index (χ1v) is 4.47. The molecule has 0 aliphatic carbocycles. The number of halogens is 1. The van der Waals surface area contributed by atoms with E-state index >= 15 is 0 Å². The van der Waals surface area contributed by atoms with Gasteiger partial charge in [0, 0.05) is 10.7 Å². The Kier molecular flexibility index (Phi) is 3.47. The first-order valence-electron chi connectivity index (χ1n) is 3.04. The quantitative estimate of drug-likeness (QED) is 0.530. The summed E-state index contributed by atoms with van der Waals surface area (Å²) in [5.74, 6) is 6.25. The van der Waals surface area contributed by atoms with Gasteiger partial charge in [0.25, 0.3) is 0 Å². The van der Waals surface area contributed by atoms with Crippen molar-refractivity contribution in [3.63, 3.8) is 0 Å². The largest absolute Gasteiger partial charge is 0.247 e. The van der Waals surface area contributed by atoms with Gasteiger partial charge in [-0.2, -0.15) is 12.6 Å². The molecule has 0 N–H and O–H groups in total. The predicted octanol–water partition coefficient (Wildman–Crippen LogP) is 2.13. The fourth-order valence-corrected chi connectivity index (χ4v) is 0.893. The van der Waals surface area contributed by atoms with Gasteiger partial charge in [-0.25, -0.2) is 4.98 Å². The van der Waals surface area contributed by atoms with Crippen LogP contribution in [-0.4, -0.2) is 10.7 Å². The molecule has 0 amide bonds. The standard InChI is InChI=1S/C8H6BrNS/c9-7-3-4-8(10-6-7)2-1-5-11/h3-4,6,11H,5H2. The third kappa shape index (κ3) is 2.96. The minimum absolute atomic E-state index is 0.567. The van der Waals surface area contributed by atoms with E-state index in [1.54, 1.807) is 6.20 Å². The fourth-order valence-electron chi connectivity index (χ4n) is 0.580. The van der Waals surface area contributed by atoms with Crippen molar-refractivity contribution in [3.05, 3.63) is 28.5 Å². The van der Waals surface area contributed by atoms with Crippen LogP contribution in [0.2, 0.25) is 0 Å². The van der Waals surface area contributed by atoms with E-state index in [0.29, 0.717) is 5.75 Å². The molecule has 3 heteroatoms. The monoisotopic (exact) mass is 227 g/mol. The fraction of sp³-hybridized carbons (Fsp3) is 0.125. The van der Waals surface area contributed by atoms with Gasteiger partial charge in [0.15, 0.2) is 0 Å². The molecule has 0 aliphatic heterocycles. The molecular weight excluding hydrogens is 222 g/mol. The van der Waals surface area contributed by atoms with Crippen LogP contribution in [0.3, 0.4) is 0 Å². The molecule has 1 rings (SSSR count). The Morgan fingerprint density at radius 1 is 1.55 bits per heavy atom. The molecule has 0 saturated heterocycles. The van der Waals surface area contributed by atoms with E-state index in [9.17, 15) is 0 Å². The van der Waals surface area contributed by atoms with E-state index in [1.165, 1.54) is 0 Å². The highest BCUT2D eigenvalue weighted by Gasteiger charge is 1.86. The molecule has 0 unspecified atom stereocenters. The number of hydrogen-bond acceptors (Lipinski definition) is 2. The van der Waals surface area contributed by atoms with E-state index in [1.807, 2.05) is 12.1 Å². The molecule has 0 aliphatic rings. The van der Waals surface area contributed by atoms with Crippen molar-refractivity contribution in [1.82, 2.24) is 4.98 Å². The van der Waals surface area contributed by atoms with Crippen LogP contribution in [0.15, 0.2) is 22.8 Å². The lowest BCUT2D eigenvalue weighted by atomic mass is 10.3. The second-order valence-corrected chi connectivity index (χ2v) is 3.05. The van der Waals surface area contributed by atoms with Crippen LogP contribution in [0, 0.1) is 11.8 Å². The first-order chi connectivity index (χ1) is 5.33. The van der Waals surface area contributed by atoms with Gasteiger partial charge < -0.3 is 0 Å². The number of pyridine rings is 1. The minimum Gasteiger partial charge on any atom is -0.247 e. The summed E-state index contributed by atoms with van der Waals surface area (Å²) in [4.78, 5) is 4.06. The molecule has 56 valence electrons. The first kappa shape index (κ1) is 8.63. The summed E-state index contributed by atoms with van der Waals surface area (Å²) in [6.07, 6.45) is 1.72.